The molecular weight excluding hydrogens is 243 g/mol. The van der Waals surface area contributed by atoms with Crippen LogP contribution in [0.15, 0.2) is 10.7 Å². The zero-order valence-electron chi connectivity index (χ0n) is 4.97. The Morgan fingerprint density at radius 1 is 1.55 bits per heavy atom. The minimum Gasteiger partial charge on any atom is -0.475 e. The number of rotatable bonds is 3. The van der Waals surface area contributed by atoms with Crippen molar-refractivity contribution in [1.82, 2.24) is 0 Å². The number of phosphoric ester groups is 1. The Morgan fingerprint density at radius 3 is 2.09 bits per heavy atom. The minimum absolute atomic E-state index is 0.758. The van der Waals surface area contributed by atoms with Gasteiger partial charge in [0, 0.05) is 4.99 Å². The van der Waals surface area contributed by atoms with E-state index in [9.17, 15) is 9.36 Å². The van der Waals surface area contributed by atoms with Crippen LogP contribution in [0.4, 0.5) is 0 Å². The largest absolute Gasteiger partial charge is 0.525 e. The van der Waals surface area contributed by atoms with Crippen molar-refractivity contribution >= 4 is 29.7 Å². The Balaban J connectivity index is 4.37. The third-order valence-corrected chi connectivity index (χ3v) is 1.38. The van der Waals surface area contributed by atoms with Gasteiger partial charge in [-0.2, -0.15) is 0 Å². The van der Waals surface area contributed by atoms with Crippen LogP contribution in [0.1, 0.15) is 0 Å². The summed E-state index contributed by atoms with van der Waals surface area (Å²) in [5.41, 5.74) is 0. The fraction of sp³-hybridized carbons (Fsp3) is 0. The molecule has 0 heterocycles. The van der Waals surface area contributed by atoms with Crippen molar-refractivity contribution in [2.45, 2.75) is 0 Å². The molecule has 0 unspecified atom stereocenters. The summed E-state index contributed by atoms with van der Waals surface area (Å²) in [6.07, 6.45) is 0. The summed E-state index contributed by atoms with van der Waals surface area (Å²) in [5.74, 6) is -2.41. The van der Waals surface area contributed by atoms with Gasteiger partial charge in [-0.05, 0) is 0 Å². The zero-order valence-corrected chi connectivity index (χ0v) is 7.45. The smallest absolute Gasteiger partial charge is 0.475 e. The summed E-state index contributed by atoms with van der Waals surface area (Å²) in [4.78, 5) is 27.1. The van der Waals surface area contributed by atoms with Crippen LogP contribution in [-0.2, 0) is 13.9 Å². The summed E-state index contributed by atoms with van der Waals surface area (Å²) < 4.78 is 13.8. The molecule has 0 atom stereocenters. The number of carboxylic acids is 1. The monoisotopic (exact) mass is 246 g/mol. The van der Waals surface area contributed by atoms with Crippen LogP contribution in [0.25, 0.3) is 0 Å². The normalized spacial score (nSPS) is 12.8. The first-order valence-corrected chi connectivity index (χ1v) is 4.60. The highest BCUT2D eigenvalue weighted by atomic mass is 79.9. The average Bonchev–Trinajstić information content (AvgIpc) is 1.80. The Labute approximate surface area is 69.9 Å². The molecule has 11 heavy (non-hydrogen) atoms. The number of carboxylic acid groups (broad SMARTS) is 1. The van der Waals surface area contributed by atoms with Crippen LogP contribution in [-0.4, -0.2) is 20.9 Å². The average molecular weight is 247 g/mol. The molecule has 8 heteroatoms. The second kappa shape index (κ2) is 3.87. The van der Waals surface area contributed by atoms with E-state index in [1.165, 1.54) is 0 Å². The van der Waals surface area contributed by atoms with E-state index in [1.54, 1.807) is 0 Å². The SMILES string of the molecule is O=C(O)/C(=C\Br)OP(=O)(O)O. The fourth-order valence-corrected chi connectivity index (χ4v) is 1.05. The molecule has 0 amide bonds. The first kappa shape index (κ1) is 10.6. The lowest BCUT2D eigenvalue weighted by molar-refractivity contribution is -0.135. The molecule has 0 aromatic carbocycles. The van der Waals surface area contributed by atoms with Crippen LogP contribution >= 0.6 is 23.8 Å². The van der Waals surface area contributed by atoms with E-state index in [2.05, 4.69) is 20.5 Å². The van der Waals surface area contributed by atoms with E-state index < -0.39 is 19.6 Å². The maximum Gasteiger partial charge on any atom is 0.525 e. The highest BCUT2D eigenvalue weighted by Crippen LogP contribution is 2.39. The van der Waals surface area contributed by atoms with Gasteiger partial charge in [0.15, 0.2) is 0 Å². The zero-order chi connectivity index (χ0) is 9.07. The van der Waals surface area contributed by atoms with E-state index in [0.29, 0.717) is 0 Å². The van der Waals surface area contributed by atoms with Crippen molar-refractivity contribution in [2.24, 2.45) is 0 Å². The lowest BCUT2D eigenvalue weighted by Gasteiger charge is -2.04. The van der Waals surface area contributed by atoms with Crippen LogP contribution < -0.4 is 0 Å². The fourth-order valence-electron chi connectivity index (χ4n) is 0.234. The van der Waals surface area contributed by atoms with Gasteiger partial charge in [-0.1, -0.05) is 15.9 Å². The third kappa shape index (κ3) is 4.97. The van der Waals surface area contributed by atoms with Crippen molar-refractivity contribution in [3.8, 4) is 0 Å². The van der Waals surface area contributed by atoms with Crippen LogP contribution in [0.5, 0.6) is 0 Å². The van der Waals surface area contributed by atoms with Gasteiger partial charge in [0.25, 0.3) is 0 Å². The Bertz CT molecular complexity index is 228. The molecular formula is C3H4BrO6P. The first-order chi connectivity index (χ1) is 4.87. The van der Waals surface area contributed by atoms with Gasteiger partial charge in [-0.15, -0.1) is 0 Å². The standard InChI is InChI=1S/C3H4BrO6P/c4-1-2(3(5)6)10-11(7,8)9/h1H,(H,5,6)(H2,7,8,9)/b2-1+. The molecule has 6 nitrogen and oxygen atoms in total. The van der Waals surface area contributed by atoms with E-state index >= 15 is 0 Å². The van der Waals surface area contributed by atoms with Gasteiger partial charge < -0.3 is 9.63 Å². The lowest BCUT2D eigenvalue weighted by Crippen LogP contribution is -2.02. The van der Waals surface area contributed by atoms with Crippen LogP contribution in [0.3, 0.4) is 0 Å². The number of hydrogen-bond donors (Lipinski definition) is 3. The van der Waals surface area contributed by atoms with Crippen molar-refractivity contribution in [2.75, 3.05) is 0 Å². The molecule has 0 saturated carbocycles. The number of carbonyl (C=O) groups is 1. The first-order valence-electron chi connectivity index (χ1n) is 2.15. The van der Waals surface area contributed by atoms with Gasteiger partial charge >= 0.3 is 13.8 Å². The van der Waals surface area contributed by atoms with Gasteiger partial charge in [0.05, 0.1) is 0 Å². The molecule has 0 radical (unpaired) electrons. The molecule has 0 rings (SSSR count). The quantitative estimate of drug-likeness (QED) is 0.379. The van der Waals surface area contributed by atoms with Crippen LogP contribution in [0, 0.1) is 0 Å². The number of hydrogen-bond acceptors (Lipinski definition) is 3. The maximum atomic E-state index is 10.1. The highest BCUT2D eigenvalue weighted by Gasteiger charge is 2.21. The topological polar surface area (TPSA) is 104 Å². The van der Waals surface area contributed by atoms with Gasteiger partial charge in [-0.3, -0.25) is 9.79 Å². The van der Waals surface area contributed by atoms with E-state index in [1.807, 2.05) is 0 Å². The Hall–Kier alpha value is -0.360. The van der Waals surface area contributed by atoms with Crippen molar-refractivity contribution in [3.63, 3.8) is 0 Å². The van der Waals surface area contributed by atoms with Gasteiger partial charge in [0.1, 0.15) is 0 Å². The summed E-state index contributed by atoms with van der Waals surface area (Å²) >= 11 is 2.56. The van der Waals surface area contributed by atoms with Gasteiger partial charge in [-0.25, -0.2) is 9.36 Å². The minimum atomic E-state index is -4.77. The highest BCUT2D eigenvalue weighted by molar-refractivity contribution is 9.11. The van der Waals surface area contributed by atoms with E-state index in [0.717, 1.165) is 4.99 Å². The molecule has 0 aromatic rings. The second-order valence-corrected chi connectivity index (χ2v) is 2.98. The van der Waals surface area contributed by atoms with Crippen molar-refractivity contribution in [3.05, 3.63) is 10.7 Å². The van der Waals surface area contributed by atoms with Gasteiger partial charge in [0.2, 0.25) is 5.76 Å². The third-order valence-electron chi connectivity index (χ3n) is 0.527. The molecule has 0 aliphatic heterocycles. The molecule has 0 saturated heterocycles. The summed E-state index contributed by atoms with van der Waals surface area (Å²) in [6.45, 7) is 0. The lowest BCUT2D eigenvalue weighted by atomic mass is 10.6. The molecule has 0 bridgehead atoms. The predicted octanol–water partition coefficient (Wildman–Crippen LogP) is 0.417. The molecule has 0 aliphatic carbocycles. The predicted molar refractivity (Wildman–Crippen MR) is 37.8 cm³/mol. The molecule has 0 fully saturated rings. The Kier molecular flexibility index (Phi) is 3.74. The van der Waals surface area contributed by atoms with E-state index in [-0.39, 0.29) is 0 Å². The maximum absolute atomic E-state index is 10.1. The van der Waals surface area contributed by atoms with Crippen LogP contribution in [0.2, 0.25) is 0 Å². The molecule has 0 aromatic heterocycles. The summed E-state index contributed by atoms with van der Waals surface area (Å²) in [5, 5.41) is 8.17. The molecule has 3 N–H and O–H groups in total. The summed E-state index contributed by atoms with van der Waals surface area (Å²) in [6, 6.07) is 0. The Morgan fingerprint density at radius 2 is 2.00 bits per heavy atom. The van der Waals surface area contributed by atoms with Crippen molar-refractivity contribution < 1.29 is 28.8 Å². The number of phosphoric acid groups is 1. The summed E-state index contributed by atoms with van der Waals surface area (Å²) in [7, 11) is -4.77. The number of aliphatic carboxylic acids is 1. The van der Waals surface area contributed by atoms with Crippen molar-refractivity contribution in [1.29, 1.82) is 0 Å². The second-order valence-electron chi connectivity index (χ2n) is 1.36. The molecule has 0 spiro atoms. The number of halogens is 1. The molecule has 0 aliphatic rings. The van der Waals surface area contributed by atoms with E-state index in [4.69, 9.17) is 14.9 Å². The molecule has 64 valence electrons.